The Morgan fingerprint density at radius 3 is 2.48 bits per heavy atom. The fraction of sp³-hybridized carbons (Fsp3) is 0.381. The standard InChI is InChI=1S/C21H22F4N2O2/c22-18-7-5-16(6-8-18)14-26-9-2-10-27(12-11-26)20(28)15-29-19-4-1-3-17(13-19)21(23,24)25/h1,3-8,13H,2,9-12,14-15H2. The molecule has 4 nitrogen and oxygen atoms in total. The predicted molar refractivity (Wildman–Crippen MR) is 99.8 cm³/mol. The zero-order chi connectivity index (χ0) is 20.9. The van der Waals surface area contributed by atoms with Crippen molar-refractivity contribution in [1.82, 2.24) is 9.80 Å². The van der Waals surface area contributed by atoms with Crippen LogP contribution in [-0.2, 0) is 17.5 Å². The summed E-state index contributed by atoms with van der Waals surface area (Å²) in [7, 11) is 0. The van der Waals surface area contributed by atoms with Gasteiger partial charge in [-0.15, -0.1) is 0 Å². The van der Waals surface area contributed by atoms with Crippen molar-refractivity contribution in [3.63, 3.8) is 0 Å². The number of nitrogens with zero attached hydrogens (tertiary/aromatic N) is 2. The first-order chi connectivity index (χ1) is 13.8. The number of hydrogen-bond donors (Lipinski definition) is 0. The predicted octanol–water partition coefficient (Wildman–Crippen LogP) is 3.96. The molecule has 0 atom stereocenters. The first kappa shape index (κ1) is 21.1. The van der Waals surface area contributed by atoms with Gasteiger partial charge in [0.15, 0.2) is 6.61 Å². The van der Waals surface area contributed by atoms with E-state index in [0.717, 1.165) is 30.7 Å². The number of benzene rings is 2. The van der Waals surface area contributed by atoms with E-state index in [2.05, 4.69) is 4.90 Å². The number of rotatable bonds is 5. The van der Waals surface area contributed by atoms with Gasteiger partial charge in [-0.2, -0.15) is 13.2 Å². The Hall–Kier alpha value is -2.61. The van der Waals surface area contributed by atoms with E-state index in [4.69, 9.17) is 4.74 Å². The molecular weight excluding hydrogens is 388 g/mol. The molecule has 0 saturated carbocycles. The highest BCUT2D eigenvalue weighted by Gasteiger charge is 2.30. The second kappa shape index (κ2) is 9.26. The molecule has 0 aromatic heterocycles. The van der Waals surface area contributed by atoms with E-state index < -0.39 is 11.7 Å². The summed E-state index contributed by atoms with van der Waals surface area (Å²) in [4.78, 5) is 16.3. The number of halogens is 4. The van der Waals surface area contributed by atoms with Gasteiger partial charge in [0.25, 0.3) is 5.91 Å². The average molecular weight is 410 g/mol. The molecule has 1 fully saturated rings. The van der Waals surface area contributed by atoms with Gasteiger partial charge in [0.2, 0.25) is 0 Å². The number of carbonyl (C=O) groups is 1. The third-order valence-corrected chi connectivity index (χ3v) is 4.78. The number of hydrogen-bond acceptors (Lipinski definition) is 3. The minimum Gasteiger partial charge on any atom is -0.484 e. The van der Waals surface area contributed by atoms with Crippen molar-refractivity contribution in [2.75, 3.05) is 32.8 Å². The molecule has 0 bridgehead atoms. The zero-order valence-corrected chi connectivity index (χ0v) is 15.8. The Kier molecular flexibility index (Phi) is 6.74. The SMILES string of the molecule is O=C(COc1cccc(C(F)(F)F)c1)N1CCCN(Cc2ccc(F)cc2)CC1. The van der Waals surface area contributed by atoms with Crippen LogP contribution in [0.2, 0.25) is 0 Å². The van der Waals surface area contributed by atoms with Gasteiger partial charge in [0.1, 0.15) is 11.6 Å². The molecule has 0 radical (unpaired) electrons. The molecule has 3 rings (SSSR count). The summed E-state index contributed by atoms with van der Waals surface area (Å²) in [5, 5.41) is 0. The third-order valence-electron chi connectivity index (χ3n) is 4.78. The molecule has 8 heteroatoms. The quantitative estimate of drug-likeness (QED) is 0.700. The minimum absolute atomic E-state index is 0.0148. The summed E-state index contributed by atoms with van der Waals surface area (Å²) < 4.78 is 56.6. The second-order valence-electron chi connectivity index (χ2n) is 6.95. The Morgan fingerprint density at radius 1 is 1.00 bits per heavy atom. The van der Waals surface area contributed by atoms with E-state index in [1.807, 2.05) is 0 Å². The number of ether oxygens (including phenoxy) is 1. The maximum Gasteiger partial charge on any atom is 0.416 e. The fourth-order valence-corrected chi connectivity index (χ4v) is 3.23. The van der Waals surface area contributed by atoms with E-state index in [1.54, 1.807) is 17.0 Å². The Labute approximate surface area is 166 Å². The average Bonchev–Trinajstić information content (AvgIpc) is 2.93. The van der Waals surface area contributed by atoms with E-state index in [1.165, 1.54) is 24.3 Å². The van der Waals surface area contributed by atoms with Crippen LogP contribution >= 0.6 is 0 Å². The lowest BCUT2D eigenvalue weighted by Gasteiger charge is -2.22. The van der Waals surface area contributed by atoms with Crippen molar-refractivity contribution in [2.24, 2.45) is 0 Å². The van der Waals surface area contributed by atoms with Crippen molar-refractivity contribution < 1.29 is 27.1 Å². The number of alkyl halides is 3. The Morgan fingerprint density at radius 2 is 1.76 bits per heavy atom. The smallest absolute Gasteiger partial charge is 0.416 e. The van der Waals surface area contributed by atoms with Gasteiger partial charge < -0.3 is 9.64 Å². The summed E-state index contributed by atoms with van der Waals surface area (Å²) in [5.41, 5.74) is 0.188. The molecule has 156 valence electrons. The van der Waals surface area contributed by atoms with Crippen molar-refractivity contribution in [2.45, 2.75) is 19.1 Å². The van der Waals surface area contributed by atoms with Gasteiger partial charge in [-0.05, 0) is 42.3 Å². The first-order valence-electron chi connectivity index (χ1n) is 9.36. The largest absolute Gasteiger partial charge is 0.484 e. The molecule has 1 saturated heterocycles. The van der Waals surface area contributed by atoms with Gasteiger partial charge in [-0.3, -0.25) is 9.69 Å². The summed E-state index contributed by atoms with van der Waals surface area (Å²) in [6.45, 7) is 2.89. The van der Waals surface area contributed by atoms with Gasteiger partial charge >= 0.3 is 6.18 Å². The summed E-state index contributed by atoms with van der Waals surface area (Å²) in [6, 6.07) is 10.8. The summed E-state index contributed by atoms with van der Waals surface area (Å²) in [6.07, 6.45) is -3.68. The fourth-order valence-electron chi connectivity index (χ4n) is 3.23. The highest BCUT2D eigenvalue weighted by atomic mass is 19.4. The maximum atomic E-state index is 13.0. The molecule has 1 heterocycles. The number of carbonyl (C=O) groups excluding carboxylic acids is 1. The van der Waals surface area contributed by atoms with Crippen LogP contribution in [0.1, 0.15) is 17.5 Å². The minimum atomic E-state index is -4.46. The molecular formula is C21H22F4N2O2. The van der Waals surface area contributed by atoms with Crippen LogP contribution in [0.5, 0.6) is 5.75 Å². The molecule has 0 aliphatic carbocycles. The lowest BCUT2D eigenvalue weighted by Crippen LogP contribution is -2.38. The Bertz CT molecular complexity index is 824. The molecule has 0 unspecified atom stereocenters. The van der Waals surface area contributed by atoms with Crippen molar-refractivity contribution in [1.29, 1.82) is 0 Å². The lowest BCUT2D eigenvalue weighted by atomic mass is 10.2. The second-order valence-corrected chi connectivity index (χ2v) is 6.95. The molecule has 2 aromatic rings. The van der Waals surface area contributed by atoms with Crippen molar-refractivity contribution >= 4 is 5.91 Å². The van der Waals surface area contributed by atoms with Crippen molar-refractivity contribution in [3.8, 4) is 5.75 Å². The molecule has 0 N–H and O–H groups in total. The zero-order valence-electron chi connectivity index (χ0n) is 15.8. The van der Waals surface area contributed by atoms with Gasteiger partial charge in [0, 0.05) is 32.7 Å². The van der Waals surface area contributed by atoms with Gasteiger partial charge in [-0.1, -0.05) is 18.2 Å². The van der Waals surface area contributed by atoms with Gasteiger partial charge in [0.05, 0.1) is 5.56 Å². The van der Waals surface area contributed by atoms with Crippen LogP contribution in [0.15, 0.2) is 48.5 Å². The van der Waals surface area contributed by atoms with Crippen LogP contribution in [-0.4, -0.2) is 48.5 Å². The molecule has 0 spiro atoms. The van der Waals surface area contributed by atoms with Crippen LogP contribution in [0, 0.1) is 5.82 Å². The Balaban J connectivity index is 1.50. The van der Waals surface area contributed by atoms with E-state index >= 15 is 0 Å². The molecule has 29 heavy (non-hydrogen) atoms. The van der Waals surface area contributed by atoms with Crippen LogP contribution in [0.3, 0.4) is 0 Å². The van der Waals surface area contributed by atoms with E-state index in [0.29, 0.717) is 26.2 Å². The van der Waals surface area contributed by atoms with Crippen LogP contribution in [0.4, 0.5) is 17.6 Å². The lowest BCUT2D eigenvalue weighted by molar-refractivity contribution is -0.137. The highest BCUT2D eigenvalue weighted by molar-refractivity contribution is 5.77. The summed E-state index contributed by atoms with van der Waals surface area (Å²) >= 11 is 0. The van der Waals surface area contributed by atoms with Crippen LogP contribution < -0.4 is 4.74 Å². The van der Waals surface area contributed by atoms with E-state index in [9.17, 15) is 22.4 Å². The van der Waals surface area contributed by atoms with Crippen molar-refractivity contribution in [3.05, 3.63) is 65.5 Å². The van der Waals surface area contributed by atoms with Gasteiger partial charge in [-0.25, -0.2) is 4.39 Å². The topological polar surface area (TPSA) is 32.8 Å². The monoisotopic (exact) mass is 410 g/mol. The first-order valence-corrected chi connectivity index (χ1v) is 9.36. The highest BCUT2D eigenvalue weighted by Crippen LogP contribution is 2.31. The number of amides is 1. The third kappa shape index (κ3) is 6.19. The molecule has 1 aliphatic heterocycles. The normalized spacial score (nSPS) is 15.8. The summed E-state index contributed by atoms with van der Waals surface area (Å²) in [5.74, 6) is -0.519. The molecule has 1 amide bonds. The maximum absolute atomic E-state index is 13.0. The molecule has 2 aromatic carbocycles. The van der Waals surface area contributed by atoms with E-state index in [-0.39, 0.29) is 24.1 Å². The molecule has 1 aliphatic rings. The van der Waals surface area contributed by atoms with Crippen LogP contribution in [0.25, 0.3) is 0 Å².